The van der Waals surface area contributed by atoms with Gasteiger partial charge in [-0.25, -0.2) is 0 Å². The molecular weight excluding hydrogens is 128 g/mol. The van der Waals surface area contributed by atoms with Crippen molar-refractivity contribution in [3.05, 3.63) is 12.7 Å². The van der Waals surface area contributed by atoms with E-state index in [0.717, 1.165) is 0 Å². The number of Topliss-reactive ketones (excluding diaryl/α,β-unsaturated/α-hetero) is 1. The van der Waals surface area contributed by atoms with E-state index in [4.69, 9.17) is 5.11 Å². The summed E-state index contributed by atoms with van der Waals surface area (Å²) in [7, 11) is 0. The van der Waals surface area contributed by atoms with E-state index in [1.165, 1.54) is 0 Å². The van der Waals surface area contributed by atoms with Gasteiger partial charge < -0.3 is 5.11 Å². The molecule has 1 atom stereocenters. The van der Waals surface area contributed by atoms with Crippen molar-refractivity contribution < 1.29 is 9.90 Å². The lowest BCUT2D eigenvalue weighted by molar-refractivity contribution is -0.120. The Morgan fingerprint density at radius 1 is 1.80 bits per heavy atom. The molecule has 1 N–H and O–H groups in total. The number of rotatable bonds is 5. The number of allylic oxidation sites excluding steroid dienone is 1. The molecule has 0 aliphatic rings. The molecule has 2 nitrogen and oxygen atoms in total. The summed E-state index contributed by atoms with van der Waals surface area (Å²) < 4.78 is 0. The van der Waals surface area contributed by atoms with E-state index in [1.54, 1.807) is 13.0 Å². The second kappa shape index (κ2) is 5.18. The van der Waals surface area contributed by atoms with Crippen LogP contribution in [0.15, 0.2) is 12.7 Å². The van der Waals surface area contributed by atoms with Gasteiger partial charge in [-0.2, -0.15) is 0 Å². The third kappa shape index (κ3) is 5.51. The van der Waals surface area contributed by atoms with Crippen LogP contribution in [0.4, 0.5) is 0 Å². The first-order valence-corrected chi connectivity index (χ1v) is 3.47. The molecule has 0 saturated heterocycles. The molecular formula is C8H14O2. The van der Waals surface area contributed by atoms with E-state index >= 15 is 0 Å². The van der Waals surface area contributed by atoms with Gasteiger partial charge in [0, 0.05) is 12.8 Å². The van der Waals surface area contributed by atoms with Gasteiger partial charge in [0.1, 0.15) is 5.78 Å². The van der Waals surface area contributed by atoms with E-state index in [0.29, 0.717) is 12.8 Å². The van der Waals surface area contributed by atoms with Crippen LogP contribution in [0.1, 0.15) is 26.2 Å². The van der Waals surface area contributed by atoms with Gasteiger partial charge in [0.05, 0.1) is 6.10 Å². The van der Waals surface area contributed by atoms with Gasteiger partial charge in [0.25, 0.3) is 0 Å². The number of hydrogen-bond donors (Lipinski definition) is 1. The van der Waals surface area contributed by atoms with E-state index in [1.807, 2.05) is 0 Å². The molecule has 0 unspecified atom stereocenters. The van der Waals surface area contributed by atoms with Crippen LogP contribution in [0.3, 0.4) is 0 Å². The standard InChI is InChI=1S/C8H14O2/c1-3-4-5-8(10)6-7(2)9/h3,7,9H,1,4-6H2,2H3/t7-/m1/s1. The molecule has 0 saturated carbocycles. The van der Waals surface area contributed by atoms with Crippen molar-refractivity contribution in [1.29, 1.82) is 0 Å². The first-order chi connectivity index (χ1) is 4.66. The van der Waals surface area contributed by atoms with Crippen molar-refractivity contribution in [2.24, 2.45) is 0 Å². The van der Waals surface area contributed by atoms with Crippen LogP contribution in [0.5, 0.6) is 0 Å². The minimum atomic E-state index is -0.502. The maximum Gasteiger partial charge on any atom is 0.135 e. The zero-order valence-corrected chi connectivity index (χ0v) is 6.34. The molecule has 0 radical (unpaired) electrons. The van der Waals surface area contributed by atoms with Crippen LogP contribution in [0, 0.1) is 0 Å². The molecule has 10 heavy (non-hydrogen) atoms. The number of carbonyl (C=O) groups is 1. The molecule has 2 heteroatoms. The minimum Gasteiger partial charge on any atom is -0.393 e. The Morgan fingerprint density at radius 2 is 2.40 bits per heavy atom. The Kier molecular flexibility index (Phi) is 4.85. The number of aliphatic hydroxyl groups is 1. The highest BCUT2D eigenvalue weighted by molar-refractivity contribution is 5.78. The number of hydrogen-bond acceptors (Lipinski definition) is 2. The van der Waals surface area contributed by atoms with Crippen molar-refractivity contribution in [2.75, 3.05) is 0 Å². The van der Waals surface area contributed by atoms with Crippen LogP contribution >= 0.6 is 0 Å². The fraction of sp³-hybridized carbons (Fsp3) is 0.625. The maximum atomic E-state index is 10.8. The fourth-order valence-electron chi connectivity index (χ4n) is 0.695. The van der Waals surface area contributed by atoms with Crippen LogP contribution < -0.4 is 0 Å². The van der Waals surface area contributed by atoms with E-state index in [9.17, 15) is 4.79 Å². The van der Waals surface area contributed by atoms with Crippen molar-refractivity contribution in [3.8, 4) is 0 Å². The minimum absolute atomic E-state index is 0.106. The molecule has 0 aromatic rings. The average Bonchev–Trinajstić information content (AvgIpc) is 1.82. The second-order valence-electron chi connectivity index (χ2n) is 2.42. The summed E-state index contributed by atoms with van der Waals surface area (Å²) in [6.07, 6.45) is 2.70. The van der Waals surface area contributed by atoms with Crippen molar-refractivity contribution in [2.45, 2.75) is 32.3 Å². The quantitative estimate of drug-likeness (QED) is 0.587. The molecule has 0 aliphatic heterocycles. The third-order valence-corrected chi connectivity index (χ3v) is 1.15. The van der Waals surface area contributed by atoms with E-state index < -0.39 is 6.10 Å². The summed E-state index contributed by atoms with van der Waals surface area (Å²) in [5.41, 5.74) is 0. The third-order valence-electron chi connectivity index (χ3n) is 1.15. The lowest BCUT2D eigenvalue weighted by Gasteiger charge is -2.00. The molecule has 58 valence electrons. The first-order valence-electron chi connectivity index (χ1n) is 3.47. The molecule has 0 bridgehead atoms. The van der Waals surface area contributed by atoms with Crippen LogP contribution in [0.2, 0.25) is 0 Å². The number of aliphatic hydroxyl groups excluding tert-OH is 1. The van der Waals surface area contributed by atoms with Gasteiger partial charge in [-0.3, -0.25) is 4.79 Å². The van der Waals surface area contributed by atoms with Gasteiger partial charge >= 0.3 is 0 Å². The Labute approximate surface area is 61.6 Å². The SMILES string of the molecule is C=CCCC(=O)C[C@@H](C)O. The van der Waals surface area contributed by atoms with Gasteiger partial charge in [-0.1, -0.05) is 6.08 Å². The van der Waals surface area contributed by atoms with Crippen molar-refractivity contribution >= 4 is 5.78 Å². The van der Waals surface area contributed by atoms with Crippen LogP contribution in [-0.4, -0.2) is 17.0 Å². The fourth-order valence-corrected chi connectivity index (χ4v) is 0.695. The van der Waals surface area contributed by atoms with E-state index in [2.05, 4.69) is 6.58 Å². The Morgan fingerprint density at radius 3 is 2.80 bits per heavy atom. The first kappa shape index (κ1) is 9.37. The highest BCUT2D eigenvalue weighted by atomic mass is 16.3. The number of ketones is 1. The molecule has 0 aromatic carbocycles. The summed E-state index contributed by atoms with van der Waals surface area (Å²) in [5.74, 6) is 0.106. The van der Waals surface area contributed by atoms with E-state index in [-0.39, 0.29) is 12.2 Å². The molecule has 0 heterocycles. The van der Waals surface area contributed by atoms with Crippen LogP contribution in [-0.2, 0) is 4.79 Å². The summed E-state index contributed by atoms with van der Waals surface area (Å²) in [5, 5.41) is 8.78. The Balaban J connectivity index is 3.34. The van der Waals surface area contributed by atoms with Gasteiger partial charge in [0.15, 0.2) is 0 Å². The monoisotopic (exact) mass is 142 g/mol. The molecule has 0 amide bonds. The van der Waals surface area contributed by atoms with Gasteiger partial charge in [0.2, 0.25) is 0 Å². The molecule has 0 aliphatic carbocycles. The van der Waals surface area contributed by atoms with Crippen molar-refractivity contribution in [1.82, 2.24) is 0 Å². The highest BCUT2D eigenvalue weighted by Gasteiger charge is 2.03. The zero-order valence-electron chi connectivity index (χ0n) is 6.34. The Hall–Kier alpha value is -0.630. The van der Waals surface area contributed by atoms with Gasteiger partial charge in [-0.05, 0) is 13.3 Å². The smallest absolute Gasteiger partial charge is 0.135 e. The predicted molar refractivity (Wildman–Crippen MR) is 40.7 cm³/mol. The molecule has 0 aromatic heterocycles. The Bertz CT molecular complexity index is 116. The number of carbonyl (C=O) groups excluding carboxylic acids is 1. The molecule has 0 rings (SSSR count). The highest BCUT2D eigenvalue weighted by Crippen LogP contribution is 1.98. The van der Waals surface area contributed by atoms with Crippen molar-refractivity contribution in [3.63, 3.8) is 0 Å². The zero-order chi connectivity index (χ0) is 7.98. The maximum absolute atomic E-state index is 10.8. The topological polar surface area (TPSA) is 37.3 Å². The van der Waals surface area contributed by atoms with Gasteiger partial charge in [-0.15, -0.1) is 6.58 Å². The van der Waals surface area contributed by atoms with Crippen LogP contribution in [0.25, 0.3) is 0 Å². The second-order valence-corrected chi connectivity index (χ2v) is 2.42. The summed E-state index contributed by atoms with van der Waals surface area (Å²) in [6, 6.07) is 0. The average molecular weight is 142 g/mol. The normalized spacial score (nSPS) is 12.6. The molecule has 0 fully saturated rings. The summed E-state index contributed by atoms with van der Waals surface area (Å²) in [6.45, 7) is 5.11. The molecule has 0 spiro atoms. The largest absolute Gasteiger partial charge is 0.393 e. The predicted octanol–water partition coefficient (Wildman–Crippen LogP) is 1.29. The lowest BCUT2D eigenvalue weighted by atomic mass is 10.1. The summed E-state index contributed by atoms with van der Waals surface area (Å²) >= 11 is 0. The lowest BCUT2D eigenvalue weighted by Crippen LogP contribution is -2.08. The summed E-state index contributed by atoms with van der Waals surface area (Å²) in [4.78, 5) is 10.8.